The molecule has 1 aromatic carbocycles. The van der Waals surface area contributed by atoms with Crippen LogP contribution >= 0.6 is 0 Å². The molecule has 0 heterocycles. The van der Waals surface area contributed by atoms with E-state index in [0.29, 0.717) is 18.8 Å². The van der Waals surface area contributed by atoms with Gasteiger partial charge in [-0.3, -0.25) is 0 Å². The molecule has 0 amide bonds. The molecule has 1 atom stereocenters. The molecule has 1 rings (SSSR count). The van der Waals surface area contributed by atoms with E-state index in [9.17, 15) is 4.79 Å². The minimum Gasteiger partial charge on any atom is -0.462 e. The van der Waals surface area contributed by atoms with Gasteiger partial charge in [0.25, 0.3) is 0 Å². The van der Waals surface area contributed by atoms with E-state index in [1.54, 1.807) is 14.0 Å². The second-order valence-corrected chi connectivity index (χ2v) is 11.3. The van der Waals surface area contributed by atoms with Crippen molar-refractivity contribution in [2.24, 2.45) is 0 Å². The van der Waals surface area contributed by atoms with Crippen molar-refractivity contribution in [2.75, 3.05) is 40.0 Å². The zero-order valence-corrected chi connectivity index (χ0v) is 20.5. The lowest BCUT2D eigenvalue weighted by molar-refractivity contribution is -0.138. The Morgan fingerprint density at radius 3 is 2.55 bits per heavy atom. The van der Waals surface area contributed by atoms with Crippen molar-refractivity contribution in [3.05, 3.63) is 60.8 Å². The number of hydrogen-bond donors (Lipinski definition) is 1. The lowest BCUT2D eigenvalue weighted by Gasteiger charge is -2.25. The van der Waals surface area contributed by atoms with Gasteiger partial charge in [-0.1, -0.05) is 43.5 Å². The van der Waals surface area contributed by atoms with Gasteiger partial charge in [-0.25, -0.2) is 4.79 Å². The van der Waals surface area contributed by atoms with Crippen LogP contribution in [0.15, 0.2) is 55.3 Å². The van der Waals surface area contributed by atoms with Crippen LogP contribution in [0.3, 0.4) is 0 Å². The monoisotopic (exact) mass is 448 g/mol. The van der Waals surface area contributed by atoms with E-state index < -0.39 is 8.56 Å². The fraction of sp³-hybridized carbons (Fsp3) is 0.542. The molecule has 174 valence electrons. The molecule has 7 heteroatoms. The number of nitrogens with one attached hydrogen (secondary N) is 1. The Hall–Kier alpha value is -1.93. The van der Waals surface area contributed by atoms with Crippen molar-refractivity contribution in [1.29, 1.82) is 0 Å². The van der Waals surface area contributed by atoms with Gasteiger partial charge in [-0.2, -0.15) is 0 Å². The summed E-state index contributed by atoms with van der Waals surface area (Å²) in [6, 6.07) is 11.2. The third-order valence-corrected chi connectivity index (χ3v) is 7.95. The quantitative estimate of drug-likeness (QED) is 0.157. The lowest BCUT2D eigenvalue weighted by atomic mass is 10.2. The van der Waals surface area contributed by atoms with Crippen LogP contribution in [-0.2, 0) is 24.9 Å². The van der Waals surface area contributed by atoms with Crippen molar-refractivity contribution in [2.45, 2.75) is 45.3 Å². The first kappa shape index (κ1) is 27.1. The van der Waals surface area contributed by atoms with Crippen molar-refractivity contribution >= 4 is 14.5 Å². The summed E-state index contributed by atoms with van der Waals surface area (Å²) in [7, 11) is -0.504. The molecule has 0 aliphatic heterocycles. The highest BCUT2D eigenvalue weighted by atomic mass is 28.4. The number of unbranched alkanes of at least 4 members (excludes halogenated alkanes) is 1. The molecular weight excluding hydrogens is 408 g/mol. The average molecular weight is 449 g/mol. The van der Waals surface area contributed by atoms with Crippen LogP contribution in [0.2, 0.25) is 12.6 Å². The van der Waals surface area contributed by atoms with Crippen LogP contribution in [0.5, 0.6) is 0 Å². The van der Waals surface area contributed by atoms with Crippen LogP contribution < -0.4 is 5.32 Å². The molecule has 0 aromatic heterocycles. The van der Waals surface area contributed by atoms with Gasteiger partial charge in [0.05, 0.1) is 6.61 Å². The Kier molecular flexibility index (Phi) is 13.8. The maximum Gasteiger partial charge on any atom is 0.334 e. The summed E-state index contributed by atoms with van der Waals surface area (Å²) in [4.78, 5) is 13.6. The number of carbonyl (C=O) groups is 1. The van der Waals surface area contributed by atoms with E-state index in [4.69, 9.17) is 13.6 Å². The number of rotatable bonds is 18. The van der Waals surface area contributed by atoms with Gasteiger partial charge < -0.3 is 23.8 Å². The summed E-state index contributed by atoms with van der Waals surface area (Å²) < 4.78 is 16.9. The number of nitrogens with zero attached hydrogens (tertiary/aromatic N) is 1. The van der Waals surface area contributed by atoms with E-state index in [0.717, 1.165) is 51.5 Å². The SMILES string of the molecule is C=CN(CCNCCCCO[Si](C)(CCCOC(=O)C(=C)C)OC)Cc1ccccc1. The molecule has 0 radical (unpaired) electrons. The molecule has 0 saturated heterocycles. The minimum absolute atomic E-state index is 0.342. The first-order valence-electron chi connectivity index (χ1n) is 11.0. The molecule has 1 unspecified atom stereocenters. The predicted octanol–water partition coefficient (Wildman–Crippen LogP) is 4.25. The summed E-state index contributed by atoms with van der Waals surface area (Å²) in [6.07, 6.45) is 4.67. The normalized spacial score (nSPS) is 12.7. The standard InChI is InChI=1S/C24H40N2O4Si/c1-6-26(21-23-13-8-7-9-14-23)17-16-25-15-10-11-19-30-31(5,28-4)20-12-18-29-24(27)22(2)3/h6-9,13-14,25H,1-2,10-12,15-21H2,3-5H3. The van der Waals surface area contributed by atoms with E-state index >= 15 is 0 Å². The Bertz CT molecular complexity index is 656. The highest BCUT2D eigenvalue weighted by Gasteiger charge is 2.29. The van der Waals surface area contributed by atoms with Crippen LogP contribution in [0.1, 0.15) is 31.7 Å². The van der Waals surface area contributed by atoms with E-state index in [1.807, 2.05) is 12.3 Å². The molecule has 0 spiro atoms. The lowest BCUT2D eigenvalue weighted by Crippen LogP contribution is -2.38. The molecule has 0 aliphatic rings. The van der Waals surface area contributed by atoms with Gasteiger partial charge in [0, 0.05) is 38.9 Å². The van der Waals surface area contributed by atoms with Crippen molar-refractivity contribution in [1.82, 2.24) is 10.2 Å². The first-order valence-corrected chi connectivity index (χ1v) is 13.6. The van der Waals surface area contributed by atoms with Crippen LogP contribution in [0.4, 0.5) is 0 Å². The first-order chi connectivity index (χ1) is 14.9. The fourth-order valence-electron chi connectivity index (χ4n) is 2.96. The van der Waals surface area contributed by atoms with Crippen LogP contribution in [-0.4, -0.2) is 59.4 Å². The van der Waals surface area contributed by atoms with E-state index in [1.165, 1.54) is 5.56 Å². The molecule has 1 aromatic rings. The molecule has 1 N–H and O–H groups in total. The molecule has 0 saturated carbocycles. The number of hydrogen-bond acceptors (Lipinski definition) is 6. The van der Waals surface area contributed by atoms with Gasteiger partial charge in [0.15, 0.2) is 0 Å². The zero-order valence-electron chi connectivity index (χ0n) is 19.5. The maximum absolute atomic E-state index is 11.4. The second kappa shape index (κ2) is 15.8. The van der Waals surface area contributed by atoms with Crippen molar-refractivity contribution < 1.29 is 18.4 Å². The van der Waals surface area contributed by atoms with Crippen molar-refractivity contribution in [3.63, 3.8) is 0 Å². The summed E-state index contributed by atoms with van der Waals surface area (Å²) in [5, 5.41) is 3.49. The number of ether oxygens (including phenoxy) is 1. The summed E-state index contributed by atoms with van der Waals surface area (Å²) in [5.41, 5.74) is 1.71. The second-order valence-electron chi connectivity index (χ2n) is 7.80. The van der Waals surface area contributed by atoms with Crippen LogP contribution in [0, 0.1) is 0 Å². The van der Waals surface area contributed by atoms with Gasteiger partial charge >= 0.3 is 14.5 Å². The predicted molar refractivity (Wildman–Crippen MR) is 129 cm³/mol. The topological polar surface area (TPSA) is 60.0 Å². The van der Waals surface area contributed by atoms with E-state index in [2.05, 4.69) is 54.2 Å². The molecule has 0 fully saturated rings. The fourth-order valence-corrected chi connectivity index (χ4v) is 4.78. The number of esters is 1. The Balaban J connectivity index is 2.09. The summed E-state index contributed by atoms with van der Waals surface area (Å²) in [6.45, 7) is 16.0. The highest BCUT2D eigenvalue weighted by Crippen LogP contribution is 2.16. The number of carbonyl (C=O) groups excluding carboxylic acids is 1. The van der Waals surface area contributed by atoms with Gasteiger partial charge in [-0.05, 0) is 57.1 Å². The van der Waals surface area contributed by atoms with Gasteiger partial charge in [-0.15, -0.1) is 0 Å². The average Bonchev–Trinajstić information content (AvgIpc) is 2.78. The molecular formula is C24H40N2O4Si. The Morgan fingerprint density at radius 2 is 1.90 bits per heavy atom. The van der Waals surface area contributed by atoms with Gasteiger partial charge in [0.2, 0.25) is 0 Å². The maximum atomic E-state index is 11.4. The number of benzene rings is 1. The molecule has 31 heavy (non-hydrogen) atoms. The summed E-state index contributed by atoms with van der Waals surface area (Å²) in [5.74, 6) is -0.342. The van der Waals surface area contributed by atoms with Gasteiger partial charge in [0.1, 0.15) is 0 Å². The molecule has 0 aliphatic carbocycles. The third kappa shape index (κ3) is 12.5. The largest absolute Gasteiger partial charge is 0.462 e. The van der Waals surface area contributed by atoms with Crippen LogP contribution in [0.25, 0.3) is 0 Å². The van der Waals surface area contributed by atoms with Crippen molar-refractivity contribution in [3.8, 4) is 0 Å². The smallest absolute Gasteiger partial charge is 0.334 e. The zero-order chi connectivity index (χ0) is 23.0. The van der Waals surface area contributed by atoms with E-state index in [-0.39, 0.29) is 5.97 Å². The Labute approximate surface area is 189 Å². The minimum atomic E-state index is -2.21. The Morgan fingerprint density at radius 1 is 1.16 bits per heavy atom. The summed E-state index contributed by atoms with van der Waals surface area (Å²) >= 11 is 0. The highest BCUT2D eigenvalue weighted by molar-refractivity contribution is 6.65. The third-order valence-electron chi connectivity index (χ3n) is 5.01. The molecule has 6 nitrogen and oxygen atoms in total. The molecule has 0 bridgehead atoms.